The summed E-state index contributed by atoms with van der Waals surface area (Å²) >= 11 is 5.99. The van der Waals surface area contributed by atoms with Crippen molar-refractivity contribution in [2.45, 2.75) is 20.3 Å². The van der Waals surface area contributed by atoms with E-state index in [1.807, 2.05) is 47.7 Å². The minimum atomic E-state index is -0.0160. The number of methoxy groups -OCH3 is 1. The van der Waals surface area contributed by atoms with Gasteiger partial charge in [-0.3, -0.25) is 14.5 Å². The van der Waals surface area contributed by atoms with E-state index in [9.17, 15) is 9.59 Å². The molecule has 1 aliphatic rings. The maximum absolute atomic E-state index is 12.9. The number of nitrogens with one attached hydrogen (secondary N) is 1. The number of rotatable bonds is 8. The summed E-state index contributed by atoms with van der Waals surface area (Å²) in [5.74, 6) is 0.0729. The second-order valence-corrected chi connectivity index (χ2v) is 8.15. The van der Waals surface area contributed by atoms with Crippen molar-refractivity contribution in [1.82, 2.24) is 24.9 Å². The first-order valence-corrected chi connectivity index (χ1v) is 10.8. The zero-order chi connectivity index (χ0) is 22.4. The summed E-state index contributed by atoms with van der Waals surface area (Å²) in [4.78, 5) is 28.8. The number of benzene rings is 1. The molecule has 1 saturated heterocycles. The fourth-order valence-corrected chi connectivity index (χ4v) is 3.86. The zero-order valence-electron chi connectivity index (χ0n) is 18.4. The lowest BCUT2D eigenvalue weighted by Gasteiger charge is -2.34. The molecule has 1 aliphatic heterocycles. The van der Waals surface area contributed by atoms with Gasteiger partial charge >= 0.3 is 0 Å². The monoisotopic (exact) mass is 447 g/mol. The third kappa shape index (κ3) is 6.06. The molecule has 1 N–H and O–H groups in total. The van der Waals surface area contributed by atoms with Gasteiger partial charge in [-0.1, -0.05) is 11.6 Å². The molecule has 9 heteroatoms. The molecule has 0 atom stereocenters. The van der Waals surface area contributed by atoms with E-state index in [-0.39, 0.29) is 11.8 Å². The highest BCUT2D eigenvalue weighted by molar-refractivity contribution is 6.30. The Labute approximate surface area is 188 Å². The lowest BCUT2D eigenvalue weighted by Crippen LogP contribution is -2.51. The molecule has 2 amide bonds. The third-order valence-electron chi connectivity index (χ3n) is 5.56. The molecular formula is C22H30ClN5O3. The van der Waals surface area contributed by atoms with E-state index in [2.05, 4.69) is 15.3 Å². The minimum Gasteiger partial charge on any atom is -0.383 e. The molecule has 1 aromatic heterocycles. The van der Waals surface area contributed by atoms with Crippen LogP contribution in [0.3, 0.4) is 0 Å². The quantitative estimate of drug-likeness (QED) is 0.622. The summed E-state index contributed by atoms with van der Waals surface area (Å²) in [7, 11) is 1.61. The first-order chi connectivity index (χ1) is 14.9. The van der Waals surface area contributed by atoms with Crippen molar-refractivity contribution in [2.24, 2.45) is 0 Å². The predicted octanol–water partition coefficient (Wildman–Crippen LogP) is 1.59. The fraction of sp³-hybridized carbons (Fsp3) is 0.500. The number of aryl methyl sites for hydroxylation is 1. The van der Waals surface area contributed by atoms with Crippen LogP contribution in [0.15, 0.2) is 24.3 Å². The molecule has 0 radical (unpaired) electrons. The van der Waals surface area contributed by atoms with Crippen molar-refractivity contribution in [2.75, 3.05) is 53.0 Å². The maximum atomic E-state index is 12.9. The number of hydrogen-bond acceptors (Lipinski definition) is 5. The largest absolute Gasteiger partial charge is 0.383 e. The van der Waals surface area contributed by atoms with Crippen molar-refractivity contribution in [3.63, 3.8) is 0 Å². The Bertz CT molecular complexity index is 905. The summed E-state index contributed by atoms with van der Waals surface area (Å²) < 4.78 is 6.79. The number of nitrogens with zero attached hydrogens (tertiary/aromatic N) is 4. The Balaban J connectivity index is 1.54. The Morgan fingerprint density at radius 2 is 1.81 bits per heavy atom. The molecule has 0 unspecified atom stereocenters. The van der Waals surface area contributed by atoms with Crippen LogP contribution in [0.2, 0.25) is 5.02 Å². The Morgan fingerprint density at radius 1 is 1.13 bits per heavy atom. The van der Waals surface area contributed by atoms with Gasteiger partial charge in [-0.15, -0.1) is 0 Å². The molecule has 0 spiro atoms. The third-order valence-corrected chi connectivity index (χ3v) is 5.81. The molecule has 0 aliphatic carbocycles. The van der Waals surface area contributed by atoms with E-state index >= 15 is 0 Å². The molecule has 2 heterocycles. The number of aromatic nitrogens is 2. The van der Waals surface area contributed by atoms with Gasteiger partial charge in [0.25, 0.3) is 0 Å². The van der Waals surface area contributed by atoms with E-state index in [0.717, 1.165) is 22.6 Å². The van der Waals surface area contributed by atoms with Crippen LogP contribution in [0, 0.1) is 13.8 Å². The van der Waals surface area contributed by atoms with Crippen molar-refractivity contribution >= 4 is 23.4 Å². The van der Waals surface area contributed by atoms with Gasteiger partial charge in [0.15, 0.2) is 0 Å². The molecule has 8 nitrogen and oxygen atoms in total. The number of hydrogen-bond donors (Lipinski definition) is 1. The predicted molar refractivity (Wildman–Crippen MR) is 120 cm³/mol. The van der Waals surface area contributed by atoms with Crippen LogP contribution in [0.25, 0.3) is 5.69 Å². The van der Waals surface area contributed by atoms with Gasteiger partial charge in [-0.25, -0.2) is 4.68 Å². The number of carbonyl (C=O) groups excluding carboxylic acids is 2. The SMILES string of the molecule is COCCNC(=O)CN1CCN(C(=O)Cc2c(C)nn(-c3ccc(Cl)cc3)c2C)CC1. The number of piperazine rings is 1. The van der Waals surface area contributed by atoms with Gasteiger partial charge in [0.2, 0.25) is 11.8 Å². The summed E-state index contributed by atoms with van der Waals surface area (Å²) in [5, 5.41) is 8.12. The van der Waals surface area contributed by atoms with Crippen molar-refractivity contribution < 1.29 is 14.3 Å². The number of halogens is 1. The van der Waals surface area contributed by atoms with Crippen LogP contribution in [0.1, 0.15) is 17.0 Å². The average molecular weight is 448 g/mol. The molecule has 1 fully saturated rings. The summed E-state index contributed by atoms with van der Waals surface area (Å²) in [6.45, 7) is 7.88. The highest BCUT2D eigenvalue weighted by atomic mass is 35.5. The first-order valence-electron chi connectivity index (χ1n) is 10.5. The maximum Gasteiger partial charge on any atom is 0.234 e. The molecule has 3 rings (SSSR count). The van der Waals surface area contributed by atoms with Gasteiger partial charge in [0.05, 0.1) is 31.0 Å². The molecular weight excluding hydrogens is 418 g/mol. The molecule has 2 aromatic rings. The van der Waals surface area contributed by atoms with E-state index in [0.29, 0.717) is 57.3 Å². The summed E-state index contributed by atoms with van der Waals surface area (Å²) in [6, 6.07) is 7.49. The second kappa shape index (κ2) is 10.7. The summed E-state index contributed by atoms with van der Waals surface area (Å²) in [6.07, 6.45) is 0.322. The summed E-state index contributed by atoms with van der Waals surface area (Å²) in [5.41, 5.74) is 3.69. The second-order valence-electron chi connectivity index (χ2n) is 7.71. The van der Waals surface area contributed by atoms with Gasteiger partial charge in [0.1, 0.15) is 0 Å². The Kier molecular flexibility index (Phi) is 8.06. The highest BCUT2D eigenvalue weighted by Crippen LogP contribution is 2.21. The minimum absolute atomic E-state index is 0.0160. The van der Waals surface area contributed by atoms with Crippen molar-refractivity contribution in [3.8, 4) is 5.69 Å². The molecule has 1 aromatic carbocycles. The van der Waals surface area contributed by atoms with Crippen LogP contribution in [0.4, 0.5) is 0 Å². The van der Waals surface area contributed by atoms with E-state index in [1.165, 1.54) is 0 Å². The molecule has 31 heavy (non-hydrogen) atoms. The van der Waals surface area contributed by atoms with Gasteiger partial charge in [-0.05, 0) is 38.1 Å². The van der Waals surface area contributed by atoms with Gasteiger partial charge < -0.3 is 15.0 Å². The van der Waals surface area contributed by atoms with Crippen molar-refractivity contribution in [1.29, 1.82) is 0 Å². The van der Waals surface area contributed by atoms with Crippen LogP contribution in [-0.4, -0.2) is 84.4 Å². The van der Waals surface area contributed by atoms with Crippen LogP contribution < -0.4 is 5.32 Å². The molecule has 0 bridgehead atoms. The Hall–Kier alpha value is -2.42. The van der Waals surface area contributed by atoms with Crippen LogP contribution >= 0.6 is 11.6 Å². The molecule has 168 valence electrons. The Morgan fingerprint density at radius 3 is 2.45 bits per heavy atom. The standard InChI is InChI=1S/C22H30ClN5O3/c1-16-20(17(2)28(25-16)19-6-4-18(23)5-7-19)14-22(30)27-11-9-26(10-12-27)15-21(29)24-8-13-31-3/h4-7H,8-15H2,1-3H3,(H,24,29). The van der Waals surface area contributed by atoms with E-state index in [1.54, 1.807) is 7.11 Å². The van der Waals surface area contributed by atoms with E-state index in [4.69, 9.17) is 16.3 Å². The zero-order valence-corrected chi connectivity index (χ0v) is 19.1. The smallest absolute Gasteiger partial charge is 0.234 e. The van der Waals surface area contributed by atoms with Crippen molar-refractivity contribution in [3.05, 3.63) is 46.2 Å². The lowest BCUT2D eigenvalue weighted by atomic mass is 10.1. The van der Waals surface area contributed by atoms with E-state index < -0.39 is 0 Å². The molecule has 0 saturated carbocycles. The number of carbonyl (C=O) groups is 2. The van der Waals surface area contributed by atoms with Crippen LogP contribution in [-0.2, 0) is 20.7 Å². The highest BCUT2D eigenvalue weighted by Gasteiger charge is 2.24. The normalized spacial score (nSPS) is 14.6. The lowest BCUT2D eigenvalue weighted by molar-refractivity contribution is -0.132. The first kappa shape index (κ1) is 23.2. The number of amides is 2. The average Bonchev–Trinajstić information content (AvgIpc) is 3.03. The number of ether oxygens (including phenoxy) is 1. The van der Waals surface area contributed by atoms with Gasteiger partial charge in [-0.2, -0.15) is 5.10 Å². The topological polar surface area (TPSA) is 79.7 Å². The van der Waals surface area contributed by atoms with Crippen LogP contribution in [0.5, 0.6) is 0 Å². The van der Waals surface area contributed by atoms with Gasteiger partial charge in [0, 0.05) is 56.1 Å². The fourth-order valence-electron chi connectivity index (χ4n) is 3.73.